The van der Waals surface area contributed by atoms with Crippen molar-refractivity contribution >= 4 is 17.2 Å². The Labute approximate surface area is 110 Å². The van der Waals surface area contributed by atoms with Crippen molar-refractivity contribution in [2.45, 2.75) is 13.3 Å². The first kappa shape index (κ1) is 12.4. The average molecular weight is 259 g/mol. The average Bonchev–Trinajstić information content (AvgIpc) is 2.97. The summed E-state index contributed by atoms with van der Waals surface area (Å²) in [5, 5.41) is 3.57. The number of terminal acetylenes is 1. The normalized spacial score (nSPS) is 10.0. The van der Waals surface area contributed by atoms with Crippen molar-refractivity contribution in [3.05, 3.63) is 35.1 Å². The number of thiazole rings is 1. The van der Waals surface area contributed by atoms with Gasteiger partial charge in [-0.15, -0.1) is 12.3 Å². The van der Waals surface area contributed by atoms with Crippen LogP contribution in [-0.2, 0) is 0 Å². The Hall–Kier alpha value is -2.06. The van der Waals surface area contributed by atoms with E-state index in [0.717, 1.165) is 10.8 Å². The third-order valence-electron chi connectivity index (χ3n) is 2.37. The highest BCUT2D eigenvalue weighted by molar-refractivity contribution is 7.16. The summed E-state index contributed by atoms with van der Waals surface area (Å²) in [6.07, 6.45) is 9.48. The standard InChI is InChI=1S/C13H13N3OS/c1-3-4-7-14-12(17)11-10(2)15-13(18-11)16-8-5-6-9-16/h1,5-6,8-9H,4,7H2,2H3,(H,14,17). The smallest absolute Gasteiger partial charge is 0.263 e. The molecule has 2 aromatic heterocycles. The molecule has 0 atom stereocenters. The van der Waals surface area contributed by atoms with Crippen molar-refractivity contribution in [3.63, 3.8) is 0 Å². The van der Waals surface area contributed by atoms with Crippen LogP contribution >= 0.6 is 11.3 Å². The second-order valence-corrected chi connectivity index (χ2v) is 4.69. The minimum absolute atomic E-state index is 0.112. The Balaban J connectivity index is 2.15. The van der Waals surface area contributed by atoms with Gasteiger partial charge in [-0.25, -0.2) is 4.98 Å². The number of carbonyl (C=O) groups is 1. The molecule has 92 valence electrons. The van der Waals surface area contributed by atoms with Gasteiger partial charge in [-0.05, 0) is 19.1 Å². The van der Waals surface area contributed by atoms with Crippen LogP contribution in [0.3, 0.4) is 0 Å². The Bertz CT molecular complexity index is 578. The molecule has 0 aromatic carbocycles. The zero-order valence-corrected chi connectivity index (χ0v) is 10.8. The maximum absolute atomic E-state index is 11.9. The SMILES string of the molecule is C#CCCNC(=O)c1sc(-n2cccc2)nc1C. The summed E-state index contributed by atoms with van der Waals surface area (Å²) in [6.45, 7) is 2.32. The van der Waals surface area contributed by atoms with E-state index in [0.29, 0.717) is 17.8 Å². The van der Waals surface area contributed by atoms with Gasteiger partial charge in [-0.2, -0.15) is 0 Å². The van der Waals surface area contributed by atoms with E-state index >= 15 is 0 Å². The van der Waals surface area contributed by atoms with Crippen LogP contribution < -0.4 is 5.32 Å². The van der Waals surface area contributed by atoms with E-state index in [9.17, 15) is 4.79 Å². The fourth-order valence-electron chi connectivity index (χ4n) is 1.49. The molecule has 0 bridgehead atoms. The summed E-state index contributed by atoms with van der Waals surface area (Å²) in [4.78, 5) is 16.9. The van der Waals surface area contributed by atoms with Gasteiger partial charge in [0.1, 0.15) is 4.88 Å². The number of rotatable bonds is 4. The van der Waals surface area contributed by atoms with Crippen LogP contribution in [0.1, 0.15) is 21.8 Å². The van der Waals surface area contributed by atoms with Crippen LogP contribution in [0, 0.1) is 19.3 Å². The molecule has 1 amide bonds. The molecule has 2 heterocycles. The van der Waals surface area contributed by atoms with Crippen LogP contribution in [0.2, 0.25) is 0 Å². The van der Waals surface area contributed by atoms with Crippen molar-refractivity contribution in [2.75, 3.05) is 6.54 Å². The molecule has 0 aliphatic heterocycles. The van der Waals surface area contributed by atoms with E-state index in [1.54, 1.807) is 0 Å². The van der Waals surface area contributed by atoms with Crippen molar-refractivity contribution in [1.82, 2.24) is 14.9 Å². The second kappa shape index (κ2) is 5.52. The molecule has 0 aliphatic carbocycles. The fourth-order valence-corrected chi connectivity index (χ4v) is 2.44. The Kier molecular flexibility index (Phi) is 3.80. The molecule has 0 radical (unpaired) electrons. The van der Waals surface area contributed by atoms with Gasteiger partial charge in [0.05, 0.1) is 5.69 Å². The zero-order valence-electron chi connectivity index (χ0n) is 10.0. The summed E-state index contributed by atoms with van der Waals surface area (Å²) in [7, 11) is 0. The summed E-state index contributed by atoms with van der Waals surface area (Å²) >= 11 is 1.37. The molecule has 0 aliphatic rings. The lowest BCUT2D eigenvalue weighted by atomic mass is 10.3. The summed E-state index contributed by atoms with van der Waals surface area (Å²) in [6, 6.07) is 3.84. The van der Waals surface area contributed by atoms with E-state index in [1.807, 2.05) is 36.0 Å². The third-order valence-corrected chi connectivity index (χ3v) is 3.54. The molecule has 5 heteroatoms. The monoisotopic (exact) mass is 259 g/mol. The predicted molar refractivity (Wildman–Crippen MR) is 72.0 cm³/mol. The third kappa shape index (κ3) is 2.60. The molecule has 2 rings (SSSR count). The van der Waals surface area contributed by atoms with Gasteiger partial charge >= 0.3 is 0 Å². The van der Waals surface area contributed by atoms with Crippen LogP contribution in [-0.4, -0.2) is 22.0 Å². The number of nitrogens with one attached hydrogen (secondary N) is 1. The number of carbonyl (C=O) groups excluding carboxylic acids is 1. The van der Waals surface area contributed by atoms with Crippen LogP contribution in [0.25, 0.3) is 5.13 Å². The first-order valence-electron chi connectivity index (χ1n) is 5.55. The molecule has 1 N–H and O–H groups in total. The summed E-state index contributed by atoms with van der Waals surface area (Å²) < 4.78 is 1.88. The van der Waals surface area contributed by atoms with E-state index in [-0.39, 0.29) is 5.91 Å². The zero-order chi connectivity index (χ0) is 13.0. The highest BCUT2D eigenvalue weighted by Gasteiger charge is 2.15. The van der Waals surface area contributed by atoms with Gasteiger partial charge < -0.3 is 9.88 Å². The van der Waals surface area contributed by atoms with Crippen LogP contribution in [0.15, 0.2) is 24.5 Å². The fraction of sp³-hybridized carbons (Fsp3) is 0.231. The Morgan fingerprint density at radius 2 is 2.28 bits per heavy atom. The predicted octanol–water partition coefficient (Wildman–Crippen LogP) is 2.00. The first-order valence-corrected chi connectivity index (χ1v) is 6.36. The number of hydrogen-bond donors (Lipinski definition) is 1. The number of hydrogen-bond acceptors (Lipinski definition) is 3. The molecule has 0 saturated carbocycles. The maximum atomic E-state index is 11.9. The van der Waals surface area contributed by atoms with Gasteiger partial charge in [0.25, 0.3) is 5.91 Å². The molecule has 18 heavy (non-hydrogen) atoms. The topological polar surface area (TPSA) is 46.9 Å². The van der Waals surface area contributed by atoms with Gasteiger partial charge in [-0.1, -0.05) is 11.3 Å². The second-order valence-electron chi connectivity index (χ2n) is 3.71. The van der Waals surface area contributed by atoms with E-state index in [4.69, 9.17) is 6.42 Å². The molecule has 0 saturated heterocycles. The number of nitrogens with zero attached hydrogens (tertiary/aromatic N) is 2. The molecule has 0 unspecified atom stereocenters. The van der Waals surface area contributed by atoms with Crippen molar-refractivity contribution in [1.29, 1.82) is 0 Å². The first-order chi connectivity index (χ1) is 8.72. The van der Waals surface area contributed by atoms with Gasteiger partial charge in [0.2, 0.25) is 0 Å². The van der Waals surface area contributed by atoms with E-state index < -0.39 is 0 Å². The summed E-state index contributed by atoms with van der Waals surface area (Å²) in [5.41, 5.74) is 0.738. The minimum Gasteiger partial charge on any atom is -0.350 e. The molecular weight excluding hydrogens is 246 g/mol. The van der Waals surface area contributed by atoms with Gasteiger partial charge in [0, 0.05) is 25.4 Å². The van der Waals surface area contributed by atoms with Crippen molar-refractivity contribution in [3.8, 4) is 17.5 Å². The molecular formula is C13H13N3OS. The van der Waals surface area contributed by atoms with Gasteiger partial charge in [0.15, 0.2) is 5.13 Å². The molecule has 4 nitrogen and oxygen atoms in total. The van der Waals surface area contributed by atoms with E-state index in [2.05, 4.69) is 16.2 Å². The van der Waals surface area contributed by atoms with Crippen LogP contribution in [0.5, 0.6) is 0 Å². The number of amides is 1. The molecule has 0 spiro atoms. The Morgan fingerprint density at radius 1 is 1.56 bits per heavy atom. The number of aryl methyl sites for hydroxylation is 1. The van der Waals surface area contributed by atoms with Gasteiger partial charge in [-0.3, -0.25) is 4.79 Å². The van der Waals surface area contributed by atoms with Crippen LogP contribution in [0.4, 0.5) is 0 Å². The Morgan fingerprint density at radius 3 is 2.94 bits per heavy atom. The highest BCUT2D eigenvalue weighted by Crippen LogP contribution is 2.21. The lowest BCUT2D eigenvalue weighted by Gasteiger charge is -2.00. The lowest BCUT2D eigenvalue weighted by molar-refractivity contribution is 0.0958. The summed E-state index contributed by atoms with van der Waals surface area (Å²) in [5.74, 6) is 2.37. The maximum Gasteiger partial charge on any atom is 0.263 e. The quantitative estimate of drug-likeness (QED) is 0.674. The van der Waals surface area contributed by atoms with E-state index in [1.165, 1.54) is 11.3 Å². The lowest BCUT2D eigenvalue weighted by Crippen LogP contribution is -2.23. The largest absolute Gasteiger partial charge is 0.350 e. The molecule has 2 aromatic rings. The molecule has 0 fully saturated rings. The number of aromatic nitrogens is 2. The van der Waals surface area contributed by atoms with Crippen molar-refractivity contribution < 1.29 is 4.79 Å². The van der Waals surface area contributed by atoms with Crippen molar-refractivity contribution in [2.24, 2.45) is 0 Å². The minimum atomic E-state index is -0.112. The highest BCUT2D eigenvalue weighted by atomic mass is 32.1.